The van der Waals surface area contributed by atoms with Gasteiger partial charge in [-0.2, -0.15) is 4.98 Å². The highest BCUT2D eigenvalue weighted by Crippen LogP contribution is 2.28. The zero-order valence-corrected chi connectivity index (χ0v) is 10.8. The molecule has 6 heteroatoms. The quantitative estimate of drug-likeness (QED) is 0.862. The van der Waals surface area contributed by atoms with Crippen LogP contribution in [0.3, 0.4) is 0 Å². The van der Waals surface area contributed by atoms with Gasteiger partial charge in [0.1, 0.15) is 6.10 Å². The van der Waals surface area contributed by atoms with Gasteiger partial charge in [-0.3, -0.25) is 4.90 Å². The van der Waals surface area contributed by atoms with Gasteiger partial charge in [-0.1, -0.05) is 5.16 Å². The Bertz CT molecular complexity index is 383. The summed E-state index contributed by atoms with van der Waals surface area (Å²) >= 11 is 0. The monoisotopic (exact) mass is 252 g/mol. The molecule has 0 spiro atoms. The smallest absolute Gasteiger partial charge is 0.243 e. The molecule has 1 aromatic heterocycles. The summed E-state index contributed by atoms with van der Waals surface area (Å²) in [6.45, 7) is 7.03. The lowest BCUT2D eigenvalue weighted by Gasteiger charge is -2.30. The number of nitrogens with zero attached hydrogens (tertiary/aromatic N) is 3. The molecule has 2 aliphatic rings. The van der Waals surface area contributed by atoms with Crippen molar-refractivity contribution in [3.05, 3.63) is 11.7 Å². The second-order valence-electron chi connectivity index (χ2n) is 4.95. The Labute approximate surface area is 107 Å². The summed E-state index contributed by atoms with van der Waals surface area (Å²) < 4.78 is 11.0. The summed E-state index contributed by atoms with van der Waals surface area (Å²) in [5, 5.41) is 7.40. The molecule has 3 rings (SSSR count). The Morgan fingerprint density at radius 1 is 1.39 bits per heavy atom. The number of piperazine rings is 1. The van der Waals surface area contributed by atoms with E-state index in [1.54, 1.807) is 0 Å². The van der Waals surface area contributed by atoms with E-state index in [2.05, 4.69) is 27.3 Å². The fourth-order valence-electron chi connectivity index (χ4n) is 2.55. The maximum absolute atomic E-state index is 5.57. The van der Waals surface area contributed by atoms with Crippen molar-refractivity contribution in [1.82, 2.24) is 20.4 Å². The van der Waals surface area contributed by atoms with Crippen LogP contribution >= 0.6 is 0 Å². The lowest BCUT2D eigenvalue weighted by Crippen LogP contribution is -2.44. The Morgan fingerprint density at radius 3 is 2.94 bits per heavy atom. The van der Waals surface area contributed by atoms with E-state index in [9.17, 15) is 0 Å². The first kappa shape index (κ1) is 12.1. The number of hydrogen-bond acceptors (Lipinski definition) is 6. The lowest BCUT2D eigenvalue weighted by molar-refractivity contribution is 0.102. The maximum Gasteiger partial charge on any atom is 0.243 e. The predicted molar refractivity (Wildman–Crippen MR) is 65.1 cm³/mol. The van der Waals surface area contributed by atoms with Crippen molar-refractivity contribution in [2.75, 3.05) is 32.8 Å². The van der Waals surface area contributed by atoms with Gasteiger partial charge in [-0.05, 0) is 19.8 Å². The van der Waals surface area contributed by atoms with Gasteiger partial charge in [0, 0.05) is 32.8 Å². The predicted octanol–water partition coefficient (Wildman–Crippen LogP) is 0.887. The molecule has 2 saturated heterocycles. The van der Waals surface area contributed by atoms with Gasteiger partial charge in [0.15, 0.2) is 0 Å². The minimum Gasteiger partial charge on any atom is -0.370 e. The van der Waals surface area contributed by atoms with Crippen LogP contribution in [0.15, 0.2) is 4.52 Å². The van der Waals surface area contributed by atoms with Gasteiger partial charge >= 0.3 is 0 Å². The third-order valence-electron chi connectivity index (χ3n) is 3.73. The number of aromatic nitrogens is 2. The molecule has 2 fully saturated rings. The third kappa shape index (κ3) is 2.41. The van der Waals surface area contributed by atoms with Gasteiger partial charge in [-0.15, -0.1) is 0 Å². The van der Waals surface area contributed by atoms with E-state index < -0.39 is 0 Å². The fourth-order valence-corrected chi connectivity index (χ4v) is 2.55. The van der Waals surface area contributed by atoms with Crippen LogP contribution in [-0.4, -0.2) is 47.8 Å². The third-order valence-corrected chi connectivity index (χ3v) is 3.73. The van der Waals surface area contributed by atoms with E-state index in [1.165, 1.54) is 0 Å². The average molecular weight is 252 g/mol. The van der Waals surface area contributed by atoms with Crippen LogP contribution in [0.1, 0.15) is 43.6 Å². The molecule has 0 amide bonds. The molecule has 2 atom stereocenters. The molecule has 1 N–H and O–H groups in total. The topological polar surface area (TPSA) is 63.4 Å². The molecule has 18 heavy (non-hydrogen) atoms. The molecule has 0 aliphatic carbocycles. The Hall–Kier alpha value is -0.980. The minimum atomic E-state index is 0.0396. The second-order valence-corrected chi connectivity index (χ2v) is 4.95. The first-order valence-electron chi connectivity index (χ1n) is 6.74. The van der Waals surface area contributed by atoms with Crippen LogP contribution in [0.2, 0.25) is 0 Å². The standard InChI is InChI=1S/C12H20N4O2/c1-9(16-6-4-13-5-7-16)12-14-11(15-18-12)10-3-2-8-17-10/h9-10,13H,2-8H2,1H3. The molecule has 2 aliphatic heterocycles. The molecule has 0 aromatic carbocycles. The van der Waals surface area contributed by atoms with Crippen LogP contribution in [0.5, 0.6) is 0 Å². The van der Waals surface area contributed by atoms with E-state index in [4.69, 9.17) is 9.26 Å². The van der Waals surface area contributed by atoms with E-state index in [1.807, 2.05) is 0 Å². The largest absolute Gasteiger partial charge is 0.370 e. The van der Waals surface area contributed by atoms with Crippen LogP contribution in [0.4, 0.5) is 0 Å². The van der Waals surface area contributed by atoms with Crippen molar-refractivity contribution in [3.63, 3.8) is 0 Å². The van der Waals surface area contributed by atoms with Gasteiger partial charge in [0.05, 0.1) is 6.04 Å². The van der Waals surface area contributed by atoms with Gasteiger partial charge in [-0.25, -0.2) is 0 Å². The number of rotatable bonds is 3. The Morgan fingerprint density at radius 2 is 2.22 bits per heavy atom. The van der Waals surface area contributed by atoms with Crippen LogP contribution in [0, 0.1) is 0 Å². The maximum atomic E-state index is 5.57. The molecule has 0 bridgehead atoms. The van der Waals surface area contributed by atoms with Crippen LogP contribution in [-0.2, 0) is 4.74 Å². The molecule has 6 nitrogen and oxygen atoms in total. The van der Waals surface area contributed by atoms with Gasteiger partial charge in [0.2, 0.25) is 11.7 Å². The number of ether oxygens (including phenoxy) is 1. The average Bonchev–Trinajstić information content (AvgIpc) is 3.09. The Balaban J connectivity index is 1.67. The van der Waals surface area contributed by atoms with E-state index >= 15 is 0 Å². The first-order valence-corrected chi connectivity index (χ1v) is 6.74. The first-order chi connectivity index (χ1) is 8.84. The molecule has 100 valence electrons. The highest BCUT2D eigenvalue weighted by Gasteiger charge is 2.27. The molecular weight excluding hydrogens is 232 g/mol. The zero-order valence-electron chi connectivity index (χ0n) is 10.8. The number of hydrogen-bond donors (Lipinski definition) is 1. The van der Waals surface area contributed by atoms with Crippen molar-refractivity contribution >= 4 is 0 Å². The summed E-state index contributed by atoms with van der Waals surface area (Å²) in [7, 11) is 0. The van der Waals surface area contributed by atoms with E-state index in [-0.39, 0.29) is 12.1 Å². The van der Waals surface area contributed by atoms with Crippen LogP contribution in [0.25, 0.3) is 0 Å². The molecule has 0 radical (unpaired) electrons. The zero-order chi connectivity index (χ0) is 12.4. The van der Waals surface area contributed by atoms with Crippen LogP contribution < -0.4 is 5.32 Å². The van der Waals surface area contributed by atoms with Crippen molar-refractivity contribution < 1.29 is 9.26 Å². The molecule has 2 unspecified atom stereocenters. The van der Waals surface area contributed by atoms with Crippen molar-refractivity contribution in [3.8, 4) is 0 Å². The number of nitrogens with one attached hydrogen (secondary N) is 1. The second kappa shape index (κ2) is 5.34. The van der Waals surface area contributed by atoms with Gasteiger partial charge in [0.25, 0.3) is 0 Å². The molecule has 1 aromatic rings. The van der Waals surface area contributed by atoms with E-state index in [0.29, 0.717) is 11.7 Å². The lowest BCUT2D eigenvalue weighted by atomic mass is 10.2. The van der Waals surface area contributed by atoms with Crippen molar-refractivity contribution in [1.29, 1.82) is 0 Å². The summed E-state index contributed by atoms with van der Waals surface area (Å²) in [4.78, 5) is 6.87. The molecular formula is C12H20N4O2. The van der Waals surface area contributed by atoms with Crippen molar-refractivity contribution in [2.45, 2.75) is 31.9 Å². The highest BCUT2D eigenvalue weighted by atomic mass is 16.5. The SMILES string of the molecule is CC(c1nc(C2CCCO2)no1)N1CCNCC1. The summed E-state index contributed by atoms with van der Waals surface area (Å²) in [5.74, 6) is 1.42. The van der Waals surface area contributed by atoms with Crippen molar-refractivity contribution in [2.24, 2.45) is 0 Å². The van der Waals surface area contributed by atoms with E-state index in [0.717, 1.165) is 45.6 Å². The summed E-state index contributed by atoms with van der Waals surface area (Å²) in [6.07, 6.45) is 2.13. The Kier molecular flexibility index (Phi) is 3.58. The normalized spacial score (nSPS) is 27.5. The highest BCUT2D eigenvalue weighted by molar-refractivity contribution is 4.97. The minimum absolute atomic E-state index is 0.0396. The summed E-state index contributed by atoms with van der Waals surface area (Å²) in [6, 6.07) is 0.190. The summed E-state index contributed by atoms with van der Waals surface area (Å²) in [5.41, 5.74) is 0. The molecule has 0 saturated carbocycles. The van der Waals surface area contributed by atoms with Gasteiger partial charge < -0.3 is 14.6 Å². The fraction of sp³-hybridized carbons (Fsp3) is 0.833. The molecule has 3 heterocycles.